The van der Waals surface area contributed by atoms with E-state index in [9.17, 15) is 0 Å². The highest BCUT2D eigenvalue weighted by Crippen LogP contribution is 2.19. The molecule has 0 spiro atoms. The molecule has 0 fully saturated rings. The van der Waals surface area contributed by atoms with Crippen LogP contribution < -0.4 is 5.32 Å². The summed E-state index contributed by atoms with van der Waals surface area (Å²) < 4.78 is 0. The maximum atomic E-state index is 3.68. The lowest BCUT2D eigenvalue weighted by Gasteiger charge is -2.26. The molecule has 0 aliphatic heterocycles. The van der Waals surface area contributed by atoms with Crippen molar-refractivity contribution in [2.45, 2.75) is 72.3 Å². The van der Waals surface area contributed by atoms with E-state index in [1.165, 1.54) is 45.1 Å². The van der Waals surface area contributed by atoms with Crippen LogP contribution in [0.5, 0.6) is 0 Å². The summed E-state index contributed by atoms with van der Waals surface area (Å²) in [6.07, 6.45) is 7.99. The van der Waals surface area contributed by atoms with Crippen molar-refractivity contribution in [2.75, 3.05) is 6.54 Å². The van der Waals surface area contributed by atoms with Gasteiger partial charge in [-0.15, -0.1) is 0 Å². The third kappa shape index (κ3) is 5.64. The Bertz CT molecular complexity index is 97.8. The predicted octanol–water partition coefficient (Wildman–Crippen LogP) is 3.98. The van der Waals surface area contributed by atoms with Gasteiger partial charge in [-0.25, -0.2) is 0 Å². The molecule has 86 valence electrons. The first-order chi connectivity index (χ1) is 6.79. The molecule has 0 aliphatic carbocycles. The minimum absolute atomic E-state index is 0.756. The van der Waals surface area contributed by atoms with Gasteiger partial charge in [0.1, 0.15) is 0 Å². The smallest absolute Gasteiger partial charge is 0.00925 e. The van der Waals surface area contributed by atoms with Crippen LogP contribution in [0.15, 0.2) is 0 Å². The quantitative estimate of drug-likeness (QED) is 0.592. The minimum atomic E-state index is 0.756. The molecule has 0 aromatic rings. The number of hydrogen-bond acceptors (Lipinski definition) is 1. The largest absolute Gasteiger partial charge is 0.314 e. The van der Waals surface area contributed by atoms with Gasteiger partial charge >= 0.3 is 0 Å². The van der Waals surface area contributed by atoms with Crippen LogP contribution in [-0.2, 0) is 0 Å². The SMILES string of the molecule is CCCCC(CC)C(CC)NCCC. The molecule has 2 unspecified atom stereocenters. The lowest BCUT2D eigenvalue weighted by Crippen LogP contribution is -2.36. The standard InChI is InChI=1S/C13H29N/c1-5-9-10-12(7-3)13(8-4)14-11-6-2/h12-14H,5-11H2,1-4H3. The van der Waals surface area contributed by atoms with Crippen LogP contribution >= 0.6 is 0 Å². The van der Waals surface area contributed by atoms with E-state index in [1.54, 1.807) is 0 Å². The Morgan fingerprint density at radius 2 is 1.64 bits per heavy atom. The summed E-state index contributed by atoms with van der Waals surface area (Å²) in [4.78, 5) is 0. The molecule has 14 heavy (non-hydrogen) atoms. The molecule has 0 radical (unpaired) electrons. The third-order valence-electron chi connectivity index (χ3n) is 3.12. The summed E-state index contributed by atoms with van der Waals surface area (Å²) in [7, 11) is 0. The van der Waals surface area contributed by atoms with Crippen molar-refractivity contribution in [3.8, 4) is 0 Å². The van der Waals surface area contributed by atoms with Crippen molar-refractivity contribution in [2.24, 2.45) is 5.92 Å². The van der Waals surface area contributed by atoms with Crippen molar-refractivity contribution < 1.29 is 0 Å². The number of rotatable bonds is 9. The molecule has 1 N–H and O–H groups in total. The Labute approximate surface area is 90.7 Å². The molecular weight excluding hydrogens is 170 g/mol. The van der Waals surface area contributed by atoms with E-state index in [0.29, 0.717) is 0 Å². The van der Waals surface area contributed by atoms with Crippen molar-refractivity contribution in [1.29, 1.82) is 0 Å². The molecule has 0 bridgehead atoms. The average molecular weight is 199 g/mol. The third-order valence-corrected chi connectivity index (χ3v) is 3.12. The van der Waals surface area contributed by atoms with Gasteiger partial charge in [-0.3, -0.25) is 0 Å². The molecule has 0 aromatic heterocycles. The molecule has 0 aliphatic rings. The lowest BCUT2D eigenvalue weighted by atomic mass is 9.90. The van der Waals surface area contributed by atoms with Crippen molar-refractivity contribution in [3.63, 3.8) is 0 Å². The zero-order valence-corrected chi connectivity index (χ0v) is 10.6. The van der Waals surface area contributed by atoms with E-state index in [4.69, 9.17) is 0 Å². The normalized spacial score (nSPS) is 15.4. The van der Waals surface area contributed by atoms with Gasteiger partial charge in [0.05, 0.1) is 0 Å². The Kier molecular flexibility index (Phi) is 9.49. The van der Waals surface area contributed by atoms with Gasteiger partial charge in [0, 0.05) is 6.04 Å². The second kappa shape index (κ2) is 9.51. The molecule has 0 aromatic carbocycles. The molecule has 0 saturated heterocycles. The molecular formula is C13H29N. The lowest BCUT2D eigenvalue weighted by molar-refractivity contribution is 0.310. The van der Waals surface area contributed by atoms with Crippen LogP contribution in [0.3, 0.4) is 0 Å². The molecule has 0 saturated carbocycles. The van der Waals surface area contributed by atoms with Gasteiger partial charge in [-0.2, -0.15) is 0 Å². The van der Waals surface area contributed by atoms with Gasteiger partial charge in [-0.1, -0.05) is 47.0 Å². The van der Waals surface area contributed by atoms with Crippen LogP contribution in [0, 0.1) is 5.92 Å². The van der Waals surface area contributed by atoms with Crippen molar-refractivity contribution >= 4 is 0 Å². The van der Waals surface area contributed by atoms with Gasteiger partial charge in [0.2, 0.25) is 0 Å². The highest BCUT2D eigenvalue weighted by Gasteiger charge is 2.16. The first kappa shape index (κ1) is 14.0. The molecule has 0 heterocycles. The average Bonchev–Trinajstić information content (AvgIpc) is 2.23. The molecule has 0 amide bonds. The summed E-state index contributed by atoms with van der Waals surface area (Å²) in [6, 6.07) is 0.756. The monoisotopic (exact) mass is 199 g/mol. The highest BCUT2D eigenvalue weighted by atomic mass is 14.9. The summed E-state index contributed by atoms with van der Waals surface area (Å²) in [6.45, 7) is 10.3. The molecule has 1 nitrogen and oxygen atoms in total. The Hall–Kier alpha value is -0.0400. The number of unbranched alkanes of at least 4 members (excludes halogenated alkanes) is 1. The fourth-order valence-corrected chi connectivity index (χ4v) is 2.13. The van der Waals surface area contributed by atoms with Crippen LogP contribution in [0.1, 0.15) is 66.2 Å². The van der Waals surface area contributed by atoms with Crippen LogP contribution in [-0.4, -0.2) is 12.6 Å². The minimum Gasteiger partial charge on any atom is -0.314 e. The Balaban J connectivity index is 3.87. The Morgan fingerprint density at radius 1 is 0.929 bits per heavy atom. The van der Waals surface area contributed by atoms with Crippen LogP contribution in [0.2, 0.25) is 0 Å². The van der Waals surface area contributed by atoms with E-state index in [1.807, 2.05) is 0 Å². The van der Waals surface area contributed by atoms with Gasteiger partial charge in [0.15, 0.2) is 0 Å². The maximum absolute atomic E-state index is 3.68. The van der Waals surface area contributed by atoms with Gasteiger partial charge in [0.25, 0.3) is 0 Å². The predicted molar refractivity (Wildman–Crippen MR) is 65.7 cm³/mol. The van der Waals surface area contributed by atoms with Crippen LogP contribution in [0.25, 0.3) is 0 Å². The number of nitrogens with one attached hydrogen (secondary N) is 1. The fourth-order valence-electron chi connectivity index (χ4n) is 2.13. The summed E-state index contributed by atoms with van der Waals surface area (Å²) in [5.41, 5.74) is 0. The van der Waals surface area contributed by atoms with E-state index in [2.05, 4.69) is 33.0 Å². The Morgan fingerprint density at radius 3 is 2.07 bits per heavy atom. The first-order valence-electron chi connectivity index (χ1n) is 6.53. The first-order valence-corrected chi connectivity index (χ1v) is 6.53. The summed E-state index contributed by atoms with van der Waals surface area (Å²) >= 11 is 0. The molecule has 1 heteroatoms. The molecule has 2 atom stereocenters. The topological polar surface area (TPSA) is 12.0 Å². The highest BCUT2D eigenvalue weighted by molar-refractivity contribution is 4.74. The summed E-state index contributed by atoms with van der Waals surface area (Å²) in [5.74, 6) is 0.895. The van der Waals surface area contributed by atoms with Gasteiger partial charge < -0.3 is 5.32 Å². The zero-order chi connectivity index (χ0) is 10.8. The van der Waals surface area contributed by atoms with Crippen LogP contribution in [0.4, 0.5) is 0 Å². The maximum Gasteiger partial charge on any atom is 0.00925 e. The summed E-state index contributed by atoms with van der Waals surface area (Å²) in [5, 5.41) is 3.68. The second-order valence-corrected chi connectivity index (χ2v) is 4.28. The van der Waals surface area contributed by atoms with Crippen molar-refractivity contribution in [1.82, 2.24) is 5.32 Å². The second-order valence-electron chi connectivity index (χ2n) is 4.28. The van der Waals surface area contributed by atoms with Crippen molar-refractivity contribution in [3.05, 3.63) is 0 Å². The fraction of sp³-hybridized carbons (Fsp3) is 1.00. The zero-order valence-electron chi connectivity index (χ0n) is 10.6. The van der Waals surface area contributed by atoms with E-state index in [-0.39, 0.29) is 0 Å². The van der Waals surface area contributed by atoms with Gasteiger partial charge in [-0.05, 0) is 31.7 Å². The number of hydrogen-bond donors (Lipinski definition) is 1. The van der Waals surface area contributed by atoms with E-state index >= 15 is 0 Å². The molecule has 0 rings (SSSR count). The van der Waals surface area contributed by atoms with E-state index < -0.39 is 0 Å². The van der Waals surface area contributed by atoms with E-state index in [0.717, 1.165) is 12.0 Å².